The topological polar surface area (TPSA) is 66.9 Å². The highest BCUT2D eigenvalue weighted by Gasteiger charge is 2.09. The molecule has 94 valence electrons. The fourth-order valence-electron chi connectivity index (χ4n) is 1.31. The quantitative estimate of drug-likeness (QED) is 0.868. The highest BCUT2D eigenvalue weighted by Crippen LogP contribution is 2.19. The number of carbonyl (C=O) groups excluding carboxylic acids is 1. The molecule has 0 radical (unpaired) electrons. The van der Waals surface area contributed by atoms with E-state index in [0.717, 1.165) is 6.42 Å². The predicted molar refractivity (Wildman–Crippen MR) is 72.3 cm³/mol. The molecule has 0 bridgehead atoms. The van der Waals surface area contributed by atoms with E-state index >= 15 is 0 Å². The molecular formula is C12H14N4OS. The van der Waals surface area contributed by atoms with Gasteiger partial charge in [0.25, 0.3) is 5.91 Å². The Hall–Kier alpha value is -1.95. The summed E-state index contributed by atoms with van der Waals surface area (Å²) in [5.74, 6) is 0.578. The van der Waals surface area contributed by atoms with Crippen molar-refractivity contribution in [2.24, 2.45) is 0 Å². The number of carbonyl (C=O) groups is 1. The van der Waals surface area contributed by atoms with Gasteiger partial charge >= 0.3 is 0 Å². The Kier molecular flexibility index (Phi) is 4.25. The molecule has 0 aliphatic heterocycles. The first-order chi connectivity index (χ1) is 8.79. The predicted octanol–water partition coefficient (Wildman–Crippen LogP) is 2.42. The van der Waals surface area contributed by atoms with Gasteiger partial charge in [-0.2, -0.15) is 0 Å². The summed E-state index contributed by atoms with van der Waals surface area (Å²) >= 11 is 1.38. The third kappa shape index (κ3) is 3.27. The lowest BCUT2D eigenvalue weighted by atomic mass is 10.4. The number of thiazole rings is 1. The van der Waals surface area contributed by atoms with Crippen LogP contribution in [0.25, 0.3) is 0 Å². The number of hydrogen-bond acceptors (Lipinski definition) is 5. The van der Waals surface area contributed by atoms with Crippen molar-refractivity contribution < 1.29 is 4.79 Å². The van der Waals surface area contributed by atoms with Crippen molar-refractivity contribution in [2.75, 3.05) is 11.9 Å². The fourth-order valence-corrected chi connectivity index (χ4v) is 2.01. The molecule has 6 heteroatoms. The maximum Gasteiger partial charge on any atom is 0.270 e. The average molecular weight is 262 g/mol. The first-order valence-corrected chi connectivity index (χ1v) is 6.59. The lowest BCUT2D eigenvalue weighted by Gasteiger charge is -2.00. The van der Waals surface area contributed by atoms with Crippen LogP contribution in [0.2, 0.25) is 0 Å². The summed E-state index contributed by atoms with van der Waals surface area (Å²) in [5, 5.41) is 8.23. The molecule has 2 aromatic heterocycles. The van der Waals surface area contributed by atoms with E-state index < -0.39 is 0 Å². The van der Waals surface area contributed by atoms with E-state index in [1.807, 2.05) is 25.1 Å². The van der Waals surface area contributed by atoms with Crippen molar-refractivity contribution in [2.45, 2.75) is 13.3 Å². The van der Waals surface area contributed by atoms with E-state index in [1.54, 1.807) is 11.6 Å². The lowest BCUT2D eigenvalue weighted by molar-refractivity contribution is 0.0949. The van der Waals surface area contributed by atoms with Gasteiger partial charge in [-0.05, 0) is 18.6 Å². The number of amides is 1. The standard InChI is InChI=1S/C12H14N4OS/c1-2-6-14-11(17)9-8-18-12(15-9)16-10-5-3-4-7-13-10/h3-5,7-8H,2,6H2,1H3,(H,14,17)(H,13,15,16). The minimum atomic E-state index is -0.137. The molecule has 0 atom stereocenters. The van der Waals surface area contributed by atoms with Crippen LogP contribution >= 0.6 is 11.3 Å². The number of aromatic nitrogens is 2. The van der Waals surface area contributed by atoms with E-state index in [1.165, 1.54) is 11.3 Å². The molecule has 2 rings (SSSR count). The van der Waals surface area contributed by atoms with Crippen LogP contribution in [-0.2, 0) is 0 Å². The Labute approximate surface area is 109 Å². The van der Waals surface area contributed by atoms with Crippen molar-refractivity contribution >= 4 is 28.2 Å². The smallest absolute Gasteiger partial charge is 0.270 e. The van der Waals surface area contributed by atoms with Crippen LogP contribution in [0.15, 0.2) is 29.8 Å². The zero-order chi connectivity index (χ0) is 12.8. The number of hydrogen-bond donors (Lipinski definition) is 2. The molecule has 0 saturated carbocycles. The maximum atomic E-state index is 11.7. The molecule has 2 N–H and O–H groups in total. The van der Waals surface area contributed by atoms with Gasteiger partial charge in [-0.1, -0.05) is 13.0 Å². The highest BCUT2D eigenvalue weighted by atomic mass is 32.1. The van der Waals surface area contributed by atoms with E-state index in [4.69, 9.17) is 0 Å². The Bertz CT molecular complexity index is 512. The molecule has 18 heavy (non-hydrogen) atoms. The molecule has 0 unspecified atom stereocenters. The van der Waals surface area contributed by atoms with E-state index in [2.05, 4.69) is 20.6 Å². The van der Waals surface area contributed by atoms with Crippen molar-refractivity contribution in [3.8, 4) is 0 Å². The molecule has 0 aliphatic carbocycles. The van der Waals surface area contributed by atoms with Crippen LogP contribution in [0.3, 0.4) is 0 Å². The molecule has 2 aromatic rings. The molecule has 0 spiro atoms. The number of anilines is 2. The van der Waals surface area contributed by atoms with Gasteiger partial charge in [0.1, 0.15) is 11.5 Å². The number of rotatable bonds is 5. The minimum absolute atomic E-state index is 0.137. The van der Waals surface area contributed by atoms with Gasteiger partial charge in [0, 0.05) is 18.1 Å². The number of nitrogens with zero attached hydrogens (tertiary/aromatic N) is 2. The van der Waals surface area contributed by atoms with Gasteiger partial charge in [0.15, 0.2) is 5.13 Å². The van der Waals surface area contributed by atoms with E-state index in [-0.39, 0.29) is 5.91 Å². The molecule has 2 heterocycles. The van der Waals surface area contributed by atoms with Crippen LogP contribution < -0.4 is 10.6 Å². The highest BCUT2D eigenvalue weighted by molar-refractivity contribution is 7.14. The molecule has 5 nitrogen and oxygen atoms in total. The molecular weight excluding hydrogens is 248 g/mol. The monoisotopic (exact) mass is 262 g/mol. The van der Waals surface area contributed by atoms with Crippen LogP contribution in [0.1, 0.15) is 23.8 Å². The zero-order valence-corrected chi connectivity index (χ0v) is 10.8. The minimum Gasteiger partial charge on any atom is -0.351 e. The third-order valence-corrected chi connectivity index (χ3v) is 2.93. The van der Waals surface area contributed by atoms with Gasteiger partial charge in [0.05, 0.1) is 0 Å². The lowest BCUT2D eigenvalue weighted by Crippen LogP contribution is -2.24. The van der Waals surface area contributed by atoms with Crippen molar-refractivity contribution in [3.63, 3.8) is 0 Å². The van der Waals surface area contributed by atoms with Crippen molar-refractivity contribution in [3.05, 3.63) is 35.5 Å². The Morgan fingerprint density at radius 1 is 1.44 bits per heavy atom. The summed E-state index contributed by atoms with van der Waals surface area (Å²) in [6, 6.07) is 5.58. The SMILES string of the molecule is CCCNC(=O)c1csc(Nc2ccccn2)n1. The normalized spacial score (nSPS) is 10.1. The second-order valence-corrected chi connectivity index (χ2v) is 4.49. The average Bonchev–Trinajstić information content (AvgIpc) is 2.86. The summed E-state index contributed by atoms with van der Waals surface area (Å²) < 4.78 is 0. The van der Waals surface area contributed by atoms with Crippen LogP contribution in [0, 0.1) is 0 Å². The maximum absolute atomic E-state index is 11.7. The van der Waals surface area contributed by atoms with Gasteiger partial charge in [-0.3, -0.25) is 4.79 Å². The first-order valence-electron chi connectivity index (χ1n) is 5.71. The number of nitrogens with one attached hydrogen (secondary N) is 2. The summed E-state index contributed by atoms with van der Waals surface area (Å²) in [4.78, 5) is 20.0. The summed E-state index contributed by atoms with van der Waals surface area (Å²) in [6.07, 6.45) is 2.61. The zero-order valence-electron chi connectivity index (χ0n) is 10.0. The van der Waals surface area contributed by atoms with Crippen molar-refractivity contribution in [1.82, 2.24) is 15.3 Å². The third-order valence-electron chi connectivity index (χ3n) is 2.17. The van der Waals surface area contributed by atoms with Gasteiger partial charge < -0.3 is 10.6 Å². The van der Waals surface area contributed by atoms with Crippen molar-refractivity contribution in [1.29, 1.82) is 0 Å². The second kappa shape index (κ2) is 6.11. The second-order valence-electron chi connectivity index (χ2n) is 3.63. The summed E-state index contributed by atoms with van der Waals surface area (Å²) in [6.45, 7) is 2.68. The fraction of sp³-hybridized carbons (Fsp3) is 0.250. The molecule has 0 aromatic carbocycles. The molecule has 0 aliphatic rings. The van der Waals surface area contributed by atoms with E-state index in [0.29, 0.717) is 23.2 Å². The van der Waals surface area contributed by atoms with Gasteiger partial charge in [-0.25, -0.2) is 9.97 Å². The van der Waals surface area contributed by atoms with Crippen LogP contribution in [0.4, 0.5) is 10.9 Å². The van der Waals surface area contributed by atoms with Crippen LogP contribution in [0.5, 0.6) is 0 Å². The summed E-state index contributed by atoms with van der Waals surface area (Å²) in [5.41, 5.74) is 0.437. The van der Waals surface area contributed by atoms with E-state index in [9.17, 15) is 4.79 Å². The van der Waals surface area contributed by atoms with Gasteiger partial charge in [-0.15, -0.1) is 11.3 Å². The largest absolute Gasteiger partial charge is 0.351 e. The summed E-state index contributed by atoms with van der Waals surface area (Å²) in [7, 11) is 0. The van der Waals surface area contributed by atoms with Crippen LogP contribution in [-0.4, -0.2) is 22.4 Å². The number of pyridine rings is 1. The molecule has 0 fully saturated rings. The first kappa shape index (κ1) is 12.5. The molecule has 0 saturated heterocycles. The Morgan fingerprint density at radius 2 is 2.33 bits per heavy atom. The Balaban J connectivity index is 2.00. The Morgan fingerprint density at radius 3 is 3.06 bits per heavy atom. The molecule has 1 amide bonds. The van der Waals surface area contributed by atoms with Gasteiger partial charge in [0.2, 0.25) is 0 Å².